The lowest BCUT2D eigenvalue weighted by Gasteiger charge is -2.27. The predicted octanol–water partition coefficient (Wildman–Crippen LogP) is 3.81. The minimum absolute atomic E-state index is 0.0650. The molecule has 2 amide bonds. The number of nitrogens with zero attached hydrogens (tertiary/aromatic N) is 5. The number of hydrogen-bond acceptors (Lipinski definition) is 9. The van der Waals surface area contributed by atoms with Gasteiger partial charge in [-0.15, -0.1) is 0 Å². The monoisotopic (exact) mass is 524 g/mol. The molecule has 12 nitrogen and oxygen atoms in total. The Morgan fingerprint density at radius 1 is 1.22 bits per heavy atom. The molecule has 3 rings (SSSR count). The number of oxazole rings is 1. The molecule has 15 heteroatoms. The highest BCUT2D eigenvalue weighted by molar-refractivity contribution is 6.06. The van der Waals surface area contributed by atoms with Crippen molar-refractivity contribution in [3.63, 3.8) is 0 Å². The van der Waals surface area contributed by atoms with E-state index in [2.05, 4.69) is 25.1 Å². The van der Waals surface area contributed by atoms with Gasteiger partial charge in [0.05, 0.1) is 12.8 Å². The van der Waals surface area contributed by atoms with Gasteiger partial charge in [0.1, 0.15) is 24.2 Å². The first-order valence-electron chi connectivity index (χ1n) is 10.6. The molecule has 0 atom stereocenters. The summed E-state index contributed by atoms with van der Waals surface area (Å²) in [5.74, 6) is -2.03. The molecule has 0 aliphatic carbocycles. The van der Waals surface area contributed by atoms with Gasteiger partial charge in [-0.3, -0.25) is 14.4 Å². The molecule has 0 saturated heterocycles. The molecule has 3 heterocycles. The summed E-state index contributed by atoms with van der Waals surface area (Å²) in [7, 11) is 2.70. The van der Waals surface area contributed by atoms with Gasteiger partial charge in [0, 0.05) is 25.0 Å². The molecular formula is C22H23F3N6O6. The number of aryl methyl sites for hydroxylation is 1. The van der Waals surface area contributed by atoms with Crippen LogP contribution in [-0.4, -0.2) is 63.2 Å². The number of methoxy groups -OCH3 is 1. The number of alkyl halides is 3. The van der Waals surface area contributed by atoms with E-state index >= 15 is 0 Å². The van der Waals surface area contributed by atoms with Crippen molar-refractivity contribution >= 4 is 29.5 Å². The Kier molecular flexibility index (Phi) is 7.55. The largest absolute Gasteiger partial charge is 0.464 e. The number of anilines is 2. The molecular weight excluding hydrogens is 501 g/mol. The maximum atomic E-state index is 13.2. The van der Waals surface area contributed by atoms with Gasteiger partial charge >= 0.3 is 18.2 Å². The van der Waals surface area contributed by atoms with Crippen LogP contribution in [0.15, 0.2) is 35.2 Å². The fourth-order valence-corrected chi connectivity index (χ4v) is 2.96. The molecule has 198 valence electrons. The average molecular weight is 524 g/mol. The van der Waals surface area contributed by atoms with Crippen LogP contribution >= 0.6 is 0 Å². The van der Waals surface area contributed by atoms with E-state index in [-0.39, 0.29) is 34.3 Å². The average Bonchev–Trinajstić information content (AvgIpc) is 3.42. The Labute approximate surface area is 208 Å². The maximum Gasteiger partial charge on any atom is 0.416 e. The number of aromatic nitrogens is 4. The highest BCUT2D eigenvalue weighted by atomic mass is 19.4. The summed E-state index contributed by atoms with van der Waals surface area (Å²) in [6, 6.07) is 2.51. The number of ether oxygens (including phenoxy) is 2. The van der Waals surface area contributed by atoms with E-state index in [1.807, 2.05) is 0 Å². The van der Waals surface area contributed by atoms with Crippen molar-refractivity contribution in [1.29, 1.82) is 0 Å². The normalized spacial score (nSPS) is 11.7. The summed E-state index contributed by atoms with van der Waals surface area (Å²) in [5.41, 5.74) is -1.18. The first kappa shape index (κ1) is 27.2. The zero-order chi connectivity index (χ0) is 27.5. The highest BCUT2D eigenvalue weighted by Crippen LogP contribution is 2.27. The Balaban J connectivity index is 1.86. The molecule has 0 bridgehead atoms. The Morgan fingerprint density at radius 3 is 2.54 bits per heavy atom. The molecule has 0 fully saturated rings. The first-order valence-corrected chi connectivity index (χ1v) is 10.6. The van der Waals surface area contributed by atoms with E-state index in [4.69, 9.17) is 9.15 Å². The van der Waals surface area contributed by atoms with E-state index in [0.29, 0.717) is 4.90 Å². The lowest BCUT2D eigenvalue weighted by molar-refractivity contribution is -0.119. The van der Waals surface area contributed by atoms with E-state index in [9.17, 15) is 27.6 Å². The summed E-state index contributed by atoms with van der Waals surface area (Å²) in [6.45, 7) is 2.89. The van der Waals surface area contributed by atoms with Crippen LogP contribution in [0.25, 0.3) is 11.5 Å². The van der Waals surface area contributed by atoms with Gasteiger partial charge in [-0.1, -0.05) is 0 Å². The van der Waals surface area contributed by atoms with Crippen LogP contribution in [0.1, 0.15) is 41.7 Å². The fourth-order valence-electron chi connectivity index (χ4n) is 2.96. The second kappa shape index (κ2) is 10.3. The second-order valence-electron chi connectivity index (χ2n) is 8.63. The van der Waals surface area contributed by atoms with E-state index < -0.39 is 36.3 Å². The van der Waals surface area contributed by atoms with Crippen molar-refractivity contribution in [3.05, 3.63) is 42.2 Å². The summed E-state index contributed by atoms with van der Waals surface area (Å²) in [6.07, 6.45) is -2.44. The lowest BCUT2D eigenvalue weighted by atomic mass is 10.2. The predicted molar refractivity (Wildman–Crippen MR) is 122 cm³/mol. The topological polar surface area (TPSA) is 142 Å². The number of amides is 2. The SMILES string of the molecule is COC(=O)c1nn(C)cc1NC(=O)c1coc(-c2ccnc(N(CC(F)(F)F)C(=O)OC(C)(C)C)c2)n1. The van der Waals surface area contributed by atoms with Crippen molar-refractivity contribution in [2.24, 2.45) is 7.05 Å². The van der Waals surface area contributed by atoms with Crippen LogP contribution in [0.2, 0.25) is 0 Å². The van der Waals surface area contributed by atoms with Crippen LogP contribution in [0.3, 0.4) is 0 Å². The smallest absolute Gasteiger partial charge is 0.416 e. The number of esters is 1. The number of nitrogens with one attached hydrogen (secondary N) is 1. The van der Waals surface area contributed by atoms with Crippen LogP contribution in [0, 0.1) is 0 Å². The maximum absolute atomic E-state index is 13.2. The van der Waals surface area contributed by atoms with Crippen LogP contribution in [-0.2, 0) is 16.5 Å². The molecule has 0 aliphatic rings. The molecule has 0 spiro atoms. The summed E-state index contributed by atoms with van der Waals surface area (Å²) < 4.78 is 55.9. The van der Waals surface area contributed by atoms with Crippen molar-refractivity contribution in [2.45, 2.75) is 32.5 Å². The van der Waals surface area contributed by atoms with Crippen LogP contribution < -0.4 is 10.2 Å². The van der Waals surface area contributed by atoms with Gasteiger partial charge in [0.2, 0.25) is 5.89 Å². The summed E-state index contributed by atoms with van der Waals surface area (Å²) >= 11 is 0. The molecule has 0 saturated carbocycles. The molecule has 0 aromatic carbocycles. The molecule has 0 aliphatic heterocycles. The fraction of sp³-hybridized carbons (Fsp3) is 0.364. The number of rotatable bonds is 6. The van der Waals surface area contributed by atoms with E-state index in [0.717, 1.165) is 25.6 Å². The molecule has 3 aromatic heterocycles. The quantitative estimate of drug-likeness (QED) is 0.476. The molecule has 37 heavy (non-hydrogen) atoms. The van der Waals surface area contributed by atoms with Gasteiger partial charge in [0.25, 0.3) is 5.91 Å². The molecule has 1 N–H and O–H groups in total. The summed E-state index contributed by atoms with van der Waals surface area (Å²) in [5, 5.41) is 6.39. The zero-order valence-corrected chi connectivity index (χ0v) is 20.4. The van der Waals surface area contributed by atoms with Crippen molar-refractivity contribution in [3.8, 4) is 11.5 Å². The van der Waals surface area contributed by atoms with Gasteiger partial charge in [0.15, 0.2) is 11.4 Å². The minimum atomic E-state index is -4.74. The Morgan fingerprint density at radius 2 is 1.92 bits per heavy atom. The molecule has 0 unspecified atom stereocenters. The third-order valence-corrected chi connectivity index (χ3v) is 4.41. The lowest BCUT2D eigenvalue weighted by Crippen LogP contribution is -2.42. The second-order valence-corrected chi connectivity index (χ2v) is 8.63. The standard InChI is InChI=1S/C22H23F3N6O6/c1-21(2,3)37-20(34)31(11-22(23,24)25)15-8-12(6-7-26-15)18-28-14(10-36-18)17(32)27-13-9-30(4)29-16(13)19(33)35-5/h6-10H,11H2,1-5H3,(H,27,32). The van der Waals surface area contributed by atoms with Gasteiger partial charge in [-0.25, -0.2) is 19.6 Å². The Hall–Kier alpha value is -4.43. The molecule has 3 aromatic rings. The van der Waals surface area contributed by atoms with Crippen LogP contribution in [0.5, 0.6) is 0 Å². The van der Waals surface area contributed by atoms with E-state index in [1.165, 1.54) is 44.8 Å². The minimum Gasteiger partial charge on any atom is -0.464 e. The van der Waals surface area contributed by atoms with Crippen molar-refractivity contribution < 1.29 is 41.4 Å². The number of carbonyl (C=O) groups excluding carboxylic acids is 3. The van der Waals surface area contributed by atoms with Gasteiger partial charge < -0.3 is 19.2 Å². The first-order chi connectivity index (χ1) is 17.2. The van der Waals surface area contributed by atoms with Gasteiger partial charge in [-0.05, 0) is 32.9 Å². The van der Waals surface area contributed by atoms with Crippen molar-refractivity contribution in [2.75, 3.05) is 23.9 Å². The van der Waals surface area contributed by atoms with Gasteiger partial charge in [-0.2, -0.15) is 18.3 Å². The highest BCUT2D eigenvalue weighted by Gasteiger charge is 2.36. The Bertz CT molecular complexity index is 1310. The number of carbonyl (C=O) groups is 3. The number of pyridine rings is 1. The van der Waals surface area contributed by atoms with Crippen LogP contribution in [0.4, 0.5) is 29.5 Å². The summed E-state index contributed by atoms with van der Waals surface area (Å²) in [4.78, 5) is 45.2. The molecule has 0 radical (unpaired) electrons. The van der Waals surface area contributed by atoms with Crippen molar-refractivity contribution in [1.82, 2.24) is 19.7 Å². The number of halogens is 3. The number of hydrogen-bond donors (Lipinski definition) is 1. The third kappa shape index (κ3) is 7.05. The third-order valence-electron chi connectivity index (χ3n) is 4.41. The zero-order valence-electron chi connectivity index (χ0n) is 20.4. The van der Waals surface area contributed by atoms with E-state index in [1.54, 1.807) is 0 Å².